The molecule has 162 valence electrons. The molecule has 1 N–H and O–H groups in total. The highest BCUT2D eigenvalue weighted by Gasteiger charge is 2.21. The van der Waals surface area contributed by atoms with Crippen LogP contribution in [0, 0.1) is 5.92 Å². The van der Waals surface area contributed by atoms with Crippen LogP contribution in [0.3, 0.4) is 0 Å². The van der Waals surface area contributed by atoms with Crippen LogP contribution in [0.2, 0.25) is 0 Å². The summed E-state index contributed by atoms with van der Waals surface area (Å²) in [5.41, 5.74) is -0.597. The number of alkyl carbamates (subject to hydrolysis) is 1. The molecule has 0 aromatic heterocycles. The zero-order valence-electron chi connectivity index (χ0n) is 18.4. The Morgan fingerprint density at radius 1 is 1.11 bits per heavy atom. The van der Waals surface area contributed by atoms with Crippen molar-refractivity contribution in [2.75, 3.05) is 7.11 Å². The van der Waals surface area contributed by atoms with Gasteiger partial charge in [-0.05, 0) is 59.3 Å². The minimum absolute atomic E-state index is 0.0647. The first-order valence-corrected chi connectivity index (χ1v) is 9.95. The number of carbonyl (C=O) groups is 3. The van der Waals surface area contributed by atoms with Crippen LogP contribution in [0.4, 0.5) is 4.79 Å². The number of esters is 2. The summed E-state index contributed by atoms with van der Waals surface area (Å²) in [6.45, 7) is 10.7. The van der Waals surface area contributed by atoms with Crippen molar-refractivity contribution in [1.82, 2.24) is 5.32 Å². The summed E-state index contributed by atoms with van der Waals surface area (Å²) in [4.78, 5) is 35.0. The van der Waals surface area contributed by atoms with Gasteiger partial charge in [0.2, 0.25) is 0 Å². The Kier molecular flexibility index (Phi) is 12.2. The van der Waals surface area contributed by atoms with E-state index in [1.165, 1.54) is 14.0 Å². The fourth-order valence-electron chi connectivity index (χ4n) is 2.77. The zero-order chi connectivity index (χ0) is 21.7. The van der Waals surface area contributed by atoms with E-state index in [2.05, 4.69) is 12.2 Å². The van der Waals surface area contributed by atoms with Crippen LogP contribution in [0.5, 0.6) is 0 Å². The van der Waals surface area contributed by atoms with Gasteiger partial charge in [-0.15, -0.1) is 0 Å². The molecule has 0 aliphatic carbocycles. The third-order valence-electron chi connectivity index (χ3n) is 4.11. The molecule has 1 amide bonds. The van der Waals surface area contributed by atoms with Crippen LogP contribution >= 0.6 is 0 Å². The summed E-state index contributed by atoms with van der Waals surface area (Å²) in [5, 5.41) is 2.45. The van der Waals surface area contributed by atoms with Gasteiger partial charge in [-0.1, -0.05) is 25.8 Å². The lowest BCUT2D eigenvalue weighted by atomic mass is 9.91. The third-order valence-corrected chi connectivity index (χ3v) is 4.11. The maximum Gasteiger partial charge on any atom is 0.412 e. The predicted molar refractivity (Wildman–Crippen MR) is 108 cm³/mol. The summed E-state index contributed by atoms with van der Waals surface area (Å²) < 4.78 is 15.2. The SMILES string of the molecule is CCCC[C@H](CCC/C=C(\NC(=O)OC(C)(C)C)C(=O)OC)[C@H](C)OC(C)=O. The van der Waals surface area contributed by atoms with Gasteiger partial charge in [0.15, 0.2) is 0 Å². The lowest BCUT2D eigenvalue weighted by Crippen LogP contribution is -2.34. The number of ether oxygens (including phenoxy) is 3. The molecule has 0 saturated carbocycles. The summed E-state index contributed by atoms with van der Waals surface area (Å²) >= 11 is 0. The van der Waals surface area contributed by atoms with Gasteiger partial charge in [-0.25, -0.2) is 9.59 Å². The first-order valence-electron chi connectivity index (χ1n) is 9.95. The molecule has 7 heteroatoms. The van der Waals surface area contributed by atoms with Crippen LogP contribution in [0.25, 0.3) is 0 Å². The van der Waals surface area contributed by atoms with Crippen LogP contribution in [-0.4, -0.2) is 36.8 Å². The van der Waals surface area contributed by atoms with Gasteiger partial charge < -0.3 is 14.2 Å². The smallest absolute Gasteiger partial charge is 0.412 e. The molecule has 0 aromatic carbocycles. The van der Waals surface area contributed by atoms with Gasteiger partial charge in [0.05, 0.1) is 7.11 Å². The van der Waals surface area contributed by atoms with E-state index in [0.717, 1.165) is 32.1 Å². The molecule has 0 aliphatic heterocycles. The molecule has 0 spiro atoms. The highest BCUT2D eigenvalue weighted by Crippen LogP contribution is 2.22. The molecular weight excluding hydrogens is 362 g/mol. The number of unbranched alkanes of at least 4 members (excludes halogenated alkanes) is 2. The molecule has 7 nitrogen and oxygen atoms in total. The molecule has 0 heterocycles. The van der Waals surface area contributed by atoms with E-state index >= 15 is 0 Å². The van der Waals surface area contributed by atoms with Crippen molar-refractivity contribution >= 4 is 18.0 Å². The number of methoxy groups -OCH3 is 1. The second-order valence-corrected chi connectivity index (χ2v) is 7.88. The second kappa shape index (κ2) is 13.2. The van der Waals surface area contributed by atoms with Crippen LogP contribution in [-0.2, 0) is 23.8 Å². The number of hydrogen-bond acceptors (Lipinski definition) is 6. The van der Waals surface area contributed by atoms with E-state index in [9.17, 15) is 14.4 Å². The number of nitrogens with one attached hydrogen (secondary N) is 1. The fourth-order valence-corrected chi connectivity index (χ4v) is 2.77. The van der Waals surface area contributed by atoms with Crippen molar-refractivity contribution < 1.29 is 28.6 Å². The summed E-state index contributed by atoms with van der Waals surface area (Å²) in [6.07, 6.45) is 6.15. The lowest BCUT2D eigenvalue weighted by Gasteiger charge is -2.23. The van der Waals surface area contributed by atoms with Gasteiger partial charge in [-0.3, -0.25) is 10.1 Å². The number of carbonyl (C=O) groups excluding carboxylic acids is 3. The maximum atomic E-state index is 11.9. The standard InChI is InChI=1S/C21H37NO6/c1-8-9-12-17(15(2)27-16(3)23)13-10-11-14-18(19(24)26-7)22-20(25)28-21(4,5)6/h14-15,17H,8-13H2,1-7H3,(H,22,25)/b18-14-/t15-,17+/m0/s1. The van der Waals surface area contributed by atoms with Crippen molar-refractivity contribution in [2.45, 2.75) is 91.8 Å². The van der Waals surface area contributed by atoms with Gasteiger partial charge in [0.1, 0.15) is 17.4 Å². The van der Waals surface area contributed by atoms with Crippen molar-refractivity contribution in [3.05, 3.63) is 11.8 Å². The van der Waals surface area contributed by atoms with Crippen molar-refractivity contribution in [2.24, 2.45) is 5.92 Å². The molecule has 0 bridgehead atoms. The summed E-state index contributed by atoms with van der Waals surface area (Å²) in [6, 6.07) is 0. The maximum absolute atomic E-state index is 11.9. The van der Waals surface area contributed by atoms with Gasteiger partial charge in [-0.2, -0.15) is 0 Å². The van der Waals surface area contributed by atoms with E-state index in [0.29, 0.717) is 6.42 Å². The minimum atomic E-state index is -0.701. The average molecular weight is 400 g/mol. The van der Waals surface area contributed by atoms with E-state index in [1.807, 2.05) is 6.92 Å². The molecule has 0 aromatic rings. The number of amides is 1. The Hall–Kier alpha value is -2.05. The van der Waals surface area contributed by atoms with E-state index in [-0.39, 0.29) is 23.7 Å². The second-order valence-electron chi connectivity index (χ2n) is 7.88. The van der Waals surface area contributed by atoms with Crippen molar-refractivity contribution in [3.8, 4) is 0 Å². The molecule has 0 saturated heterocycles. The molecule has 2 atom stereocenters. The Morgan fingerprint density at radius 2 is 1.71 bits per heavy atom. The van der Waals surface area contributed by atoms with E-state index < -0.39 is 17.7 Å². The number of rotatable bonds is 11. The van der Waals surface area contributed by atoms with Crippen molar-refractivity contribution in [3.63, 3.8) is 0 Å². The number of hydrogen-bond donors (Lipinski definition) is 1. The van der Waals surface area contributed by atoms with Crippen LogP contribution < -0.4 is 5.32 Å². The van der Waals surface area contributed by atoms with Crippen LogP contribution in [0.15, 0.2) is 11.8 Å². The Morgan fingerprint density at radius 3 is 2.21 bits per heavy atom. The Balaban J connectivity index is 4.82. The first kappa shape index (κ1) is 26.0. The molecule has 28 heavy (non-hydrogen) atoms. The Bertz CT molecular complexity index is 536. The molecule has 0 fully saturated rings. The minimum Gasteiger partial charge on any atom is -0.464 e. The summed E-state index contributed by atoms with van der Waals surface area (Å²) in [5.74, 6) is -0.636. The lowest BCUT2D eigenvalue weighted by molar-refractivity contribution is -0.148. The predicted octanol–water partition coefficient (Wildman–Crippen LogP) is 4.50. The largest absolute Gasteiger partial charge is 0.464 e. The molecule has 0 radical (unpaired) electrons. The molecular formula is C21H37NO6. The van der Waals surface area contributed by atoms with Crippen LogP contribution in [0.1, 0.15) is 80.1 Å². The van der Waals surface area contributed by atoms with Gasteiger partial charge in [0, 0.05) is 6.92 Å². The van der Waals surface area contributed by atoms with E-state index in [1.54, 1.807) is 26.8 Å². The molecule has 0 unspecified atom stereocenters. The fraction of sp³-hybridized carbons (Fsp3) is 0.762. The van der Waals surface area contributed by atoms with Gasteiger partial charge >= 0.3 is 18.0 Å². The Labute approximate surface area is 169 Å². The highest BCUT2D eigenvalue weighted by molar-refractivity contribution is 5.92. The number of allylic oxidation sites excluding steroid dienone is 1. The average Bonchev–Trinajstić information content (AvgIpc) is 2.56. The quantitative estimate of drug-likeness (QED) is 0.238. The normalized spacial score (nSPS) is 14.0. The first-order chi connectivity index (χ1) is 13.0. The monoisotopic (exact) mass is 399 g/mol. The highest BCUT2D eigenvalue weighted by atomic mass is 16.6. The van der Waals surface area contributed by atoms with Gasteiger partial charge in [0.25, 0.3) is 0 Å². The van der Waals surface area contributed by atoms with E-state index in [4.69, 9.17) is 14.2 Å². The van der Waals surface area contributed by atoms with Crippen molar-refractivity contribution in [1.29, 1.82) is 0 Å². The summed E-state index contributed by atoms with van der Waals surface area (Å²) in [7, 11) is 1.26. The third kappa shape index (κ3) is 12.4. The zero-order valence-corrected chi connectivity index (χ0v) is 18.4. The topological polar surface area (TPSA) is 90.9 Å². The molecule has 0 rings (SSSR count). The molecule has 0 aliphatic rings.